The number of hydrogen-bond donors (Lipinski definition) is 0. The molecule has 0 N–H and O–H groups in total. The molecule has 0 radical (unpaired) electrons. The number of benzene rings is 1. The lowest BCUT2D eigenvalue weighted by Gasteiger charge is -2.19. The van der Waals surface area contributed by atoms with Gasteiger partial charge in [0.2, 0.25) is 5.12 Å². The average Bonchev–Trinajstić information content (AvgIpc) is 2.36. The third kappa shape index (κ3) is 7.72. The van der Waals surface area contributed by atoms with E-state index in [9.17, 15) is 31.1 Å². The molecule has 0 fully saturated rings. The number of rotatable bonds is 7. The van der Waals surface area contributed by atoms with Gasteiger partial charge in [-0.25, -0.2) is 13.2 Å². The van der Waals surface area contributed by atoms with Crippen LogP contribution in [0.5, 0.6) is 0 Å². The van der Waals surface area contributed by atoms with Crippen LogP contribution in [0, 0.1) is 0 Å². The molecule has 0 saturated carbocycles. The number of thioether (sulfide) groups is 1. The standard InChI is InChI=1S/C14H14F6OS/c15-11(9-14(18,19)20)8-13(16,17)6-7-22-12(21)10-4-2-1-3-5-10/h1-5,11H,6-9H2. The summed E-state index contributed by atoms with van der Waals surface area (Å²) in [6.45, 7) is 0. The summed E-state index contributed by atoms with van der Waals surface area (Å²) >= 11 is 0.633. The Hall–Kier alpha value is -1.18. The molecule has 0 aliphatic carbocycles. The highest BCUT2D eigenvalue weighted by atomic mass is 32.2. The maximum absolute atomic E-state index is 13.4. The van der Waals surface area contributed by atoms with Crippen LogP contribution in [0.2, 0.25) is 0 Å². The molecular weight excluding hydrogens is 330 g/mol. The average molecular weight is 344 g/mol. The van der Waals surface area contributed by atoms with Crippen LogP contribution in [0.25, 0.3) is 0 Å². The first-order valence-corrected chi connectivity index (χ1v) is 7.38. The molecule has 0 saturated heterocycles. The predicted molar refractivity (Wildman–Crippen MR) is 73.0 cm³/mol. The van der Waals surface area contributed by atoms with Crippen molar-refractivity contribution in [3.63, 3.8) is 0 Å². The van der Waals surface area contributed by atoms with E-state index in [0.717, 1.165) is 0 Å². The van der Waals surface area contributed by atoms with E-state index in [1.807, 2.05) is 0 Å². The lowest BCUT2D eigenvalue weighted by molar-refractivity contribution is -0.153. The number of carbonyl (C=O) groups is 1. The molecule has 0 spiro atoms. The molecule has 124 valence electrons. The number of halogens is 6. The zero-order valence-corrected chi connectivity index (χ0v) is 12.2. The highest BCUT2D eigenvalue weighted by Crippen LogP contribution is 2.32. The van der Waals surface area contributed by atoms with E-state index in [2.05, 4.69) is 0 Å². The lowest BCUT2D eigenvalue weighted by atomic mass is 10.1. The van der Waals surface area contributed by atoms with E-state index in [1.54, 1.807) is 18.2 Å². The van der Waals surface area contributed by atoms with Crippen LogP contribution in [-0.4, -0.2) is 29.1 Å². The number of hydrogen-bond acceptors (Lipinski definition) is 2. The minimum Gasteiger partial charge on any atom is -0.282 e. The fraction of sp³-hybridized carbons (Fsp3) is 0.500. The maximum Gasteiger partial charge on any atom is 0.391 e. The van der Waals surface area contributed by atoms with Gasteiger partial charge in [-0.05, 0) is 0 Å². The zero-order valence-electron chi connectivity index (χ0n) is 11.4. The molecule has 0 bridgehead atoms. The summed E-state index contributed by atoms with van der Waals surface area (Å²) in [6.07, 6.45) is -11.7. The Bertz CT molecular complexity index is 474. The summed E-state index contributed by atoms with van der Waals surface area (Å²) in [7, 11) is 0. The Kier molecular flexibility index (Phi) is 6.77. The van der Waals surface area contributed by atoms with E-state index >= 15 is 0 Å². The summed E-state index contributed by atoms with van der Waals surface area (Å²) in [5, 5.41) is -0.413. The topological polar surface area (TPSA) is 17.1 Å². The molecule has 0 heterocycles. The molecule has 1 aromatic carbocycles. The molecule has 1 rings (SSSR count). The fourth-order valence-electron chi connectivity index (χ4n) is 1.70. The summed E-state index contributed by atoms with van der Waals surface area (Å²) < 4.78 is 75.4. The van der Waals surface area contributed by atoms with Crippen LogP contribution in [0.1, 0.15) is 29.6 Å². The highest BCUT2D eigenvalue weighted by molar-refractivity contribution is 8.14. The van der Waals surface area contributed by atoms with Gasteiger partial charge < -0.3 is 0 Å². The van der Waals surface area contributed by atoms with Gasteiger partial charge in [0.05, 0.1) is 6.42 Å². The Morgan fingerprint density at radius 3 is 2.18 bits per heavy atom. The van der Waals surface area contributed by atoms with Crippen molar-refractivity contribution in [2.24, 2.45) is 0 Å². The van der Waals surface area contributed by atoms with E-state index < -0.39 is 42.6 Å². The SMILES string of the molecule is O=C(SCCC(F)(F)CC(F)CC(F)(F)F)c1ccccc1. The van der Waals surface area contributed by atoms with Crippen molar-refractivity contribution in [3.8, 4) is 0 Å². The van der Waals surface area contributed by atoms with Gasteiger partial charge in [0.25, 0.3) is 5.92 Å². The molecule has 0 amide bonds. The molecule has 1 nitrogen and oxygen atoms in total. The van der Waals surface area contributed by atoms with Crippen molar-refractivity contribution in [3.05, 3.63) is 35.9 Å². The first kappa shape index (κ1) is 18.9. The van der Waals surface area contributed by atoms with Gasteiger partial charge >= 0.3 is 6.18 Å². The Morgan fingerprint density at radius 2 is 1.64 bits per heavy atom. The largest absolute Gasteiger partial charge is 0.391 e. The number of alkyl halides is 6. The van der Waals surface area contributed by atoms with Crippen LogP contribution >= 0.6 is 11.8 Å². The van der Waals surface area contributed by atoms with Crippen LogP contribution in [0.15, 0.2) is 30.3 Å². The van der Waals surface area contributed by atoms with Gasteiger partial charge in [-0.2, -0.15) is 13.2 Å². The molecule has 1 aromatic rings. The lowest BCUT2D eigenvalue weighted by Crippen LogP contribution is -2.26. The van der Waals surface area contributed by atoms with Crippen molar-refractivity contribution in [2.45, 2.75) is 37.5 Å². The van der Waals surface area contributed by atoms with E-state index in [0.29, 0.717) is 17.3 Å². The Labute approximate surface area is 128 Å². The van der Waals surface area contributed by atoms with Gasteiger partial charge in [-0.3, -0.25) is 4.79 Å². The summed E-state index contributed by atoms with van der Waals surface area (Å²) in [5.74, 6) is -3.87. The molecule has 0 aliphatic rings. The van der Waals surface area contributed by atoms with Crippen LogP contribution < -0.4 is 0 Å². The van der Waals surface area contributed by atoms with Gasteiger partial charge in [0.1, 0.15) is 6.17 Å². The minimum atomic E-state index is -4.81. The molecule has 1 unspecified atom stereocenters. The minimum absolute atomic E-state index is 0.292. The van der Waals surface area contributed by atoms with E-state index in [1.165, 1.54) is 12.1 Å². The van der Waals surface area contributed by atoms with Crippen LogP contribution in [-0.2, 0) is 0 Å². The molecular formula is C14H14F6OS. The molecule has 22 heavy (non-hydrogen) atoms. The normalized spacial score (nSPS) is 13.9. The molecule has 0 aromatic heterocycles. The predicted octanol–water partition coefficient (Wildman–Crippen LogP) is 5.27. The monoisotopic (exact) mass is 344 g/mol. The van der Waals surface area contributed by atoms with E-state index in [4.69, 9.17) is 0 Å². The summed E-state index contributed by atoms with van der Waals surface area (Å²) in [6, 6.07) is 7.97. The van der Waals surface area contributed by atoms with Crippen molar-refractivity contribution in [2.75, 3.05) is 5.75 Å². The Morgan fingerprint density at radius 1 is 1.05 bits per heavy atom. The fourth-order valence-corrected chi connectivity index (χ4v) is 2.59. The van der Waals surface area contributed by atoms with E-state index in [-0.39, 0.29) is 5.75 Å². The third-order valence-corrected chi connectivity index (χ3v) is 3.59. The molecule has 1 atom stereocenters. The van der Waals surface area contributed by atoms with Crippen molar-refractivity contribution in [1.82, 2.24) is 0 Å². The Balaban J connectivity index is 2.38. The number of carbonyl (C=O) groups excluding carboxylic acids is 1. The van der Waals surface area contributed by atoms with Crippen LogP contribution in [0.3, 0.4) is 0 Å². The first-order valence-electron chi connectivity index (χ1n) is 6.40. The third-order valence-electron chi connectivity index (χ3n) is 2.68. The highest BCUT2D eigenvalue weighted by Gasteiger charge is 2.38. The van der Waals surface area contributed by atoms with Crippen molar-refractivity contribution in [1.29, 1.82) is 0 Å². The van der Waals surface area contributed by atoms with Gasteiger partial charge in [-0.1, -0.05) is 42.1 Å². The smallest absolute Gasteiger partial charge is 0.282 e. The summed E-state index contributed by atoms with van der Waals surface area (Å²) in [4.78, 5) is 11.6. The summed E-state index contributed by atoms with van der Waals surface area (Å²) in [5.41, 5.74) is 0.344. The van der Waals surface area contributed by atoms with Crippen LogP contribution in [0.4, 0.5) is 26.3 Å². The second-order valence-electron chi connectivity index (χ2n) is 4.73. The molecule has 0 aliphatic heterocycles. The second kappa shape index (κ2) is 7.89. The van der Waals surface area contributed by atoms with Gasteiger partial charge in [-0.15, -0.1) is 0 Å². The second-order valence-corrected chi connectivity index (χ2v) is 5.80. The van der Waals surface area contributed by atoms with Gasteiger partial charge in [0.15, 0.2) is 0 Å². The van der Waals surface area contributed by atoms with Gasteiger partial charge in [0, 0.05) is 24.2 Å². The molecule has 8 heteroatoms. The quantitative estimate of drug-likeness (QED) is 0.627. The first-order chi connectivity index (χ1) is 10.1. The van der Waals surface area contributed by atoms with Crippen molar-refractivity contribution < 1.29 is 31.1 Å². The van der Waals surface area contributed by atoms with Crippen molar-refractivity contribution >= 4 is 16.9 Å². The zero-order chi connectivity index (χ0) is 16.8. The maximum atomic E-state index is 13.4.